The molecule has 0 fully saturated rings. The van der Waals surface area contributed by atoms with E-state index >= 15 is 0 Å². The van der Waals surface area contributed by atoms with Gasteiger partial charge in [0.25, 0.3) is 0 Å². The number of esters is 1. The second-order valence-electron chi connectivity index (χ2n) is 5.31. The van der Waals surface area contributed by atoms with E-state index in [4.69, 9.17) is 32.7 Å². The summed E-state index contributed by atoms with van der Waals surface area (Å²) in [7, 11) is 0. The minimum Gasteiger partial charge on any atom is -0.494 e. The topological polar surface area (TPSA) is 35.5 Å². The van der Waals surface area contributed by atoms with Gasteiger partial charge >= 0.3 is 5.97 Å². The van der Waals surface area contributed by atoms with Crippen LogP contribution in [0.4, 0.5) is 0 Å². The molecule has 0 amide bonds. The van der Waals surface area contributed by atoms with Crippen LogP contribution in [0.3, 0.4) is 0 Å². The third-order valence-electron chi connectivity index (χ3n) is 3.42. The lowest BCUT2D eigenvalue weighted by Gasteiger charge is -2.11. The Morgan fingerprint density at radius 2 is 1.68 bits per heavy atom. The smallest absolute Gasteiger partial charge is 0.331 e. The van der Waals surface area contributed by atoms with Crippen molar-refractivity contribution in [1.82, 2.24) is 0 Å². The van der Waals surface area contributed by atoms with Gasteiger partial charge in [-0.05, 0) is 54.3 Å². The monoisotopic (exact) mass is 378 g/mol. The first-order valence-electron chi connectivity index (χ1n) is 8.12. The van der Waals surface area contributed by atoms with E-state index in [1.807, 2.05) is 30.3 Å². The molecule has 5 heteroatoms. The van der Waals surface area contributed by atoms with Gasteiger partial charge in [0.2, 0.25) is 0 Å². The van der Waals surface area contributed by atoms with Gasteiger partial charge in [0.1, 0.15) is 5.75 Å². The van der Waals surface area contributed by atoms with Crippen LogP contribution in [-0.4, -0.2) is 19.2 Å². The van der Waals surface area contributed by atoms with E-state index in [1.165, 1.54) is 6.08 Å². The van der Waals surface area contributed by atoms with Gasteiger partial charge in [0.15, 0.2) is 0 Å². The Morgan fingerprint density at radius 1 is 1.00 bits per heavy atom. The number of carbonyl (C=O) groups excluding carboxylic acids is 1. The van der Waals surface area contributed by atoms with Crippen LogP contribution in [0.15, 0.2) is 48.5 Å². The quantitative estimate of drug-likeness (QED) is 0.452. The predicted molar refractivity (Wildman–Crippen MR) is 102 cm³/mol. The van der Waals surface area contributed by atoms with Crippen molar-refractivity contribution >= 4 is 34.7 Å². The van der Waals surface area contributed by atoms with Crippen LogP contribution >= 0.6 is 23.2 Å². The van der Waals surface area contributed by atoms with Crippen molar-refractivity contribution in [2.45, 2.75) is 20.3 Å². The second kappa shape index (κ2) is 9.50. The highest BCUT2D eigenvalue weighted by molar-refractivity contribution is 6.42. The van der Waals surface area contributed by atoms with Crippen LogP contribution in [0, 0.1) is 0 Å². The summed E-state index contributed by atoms with van der Waals surface area (Å²) in [4.78, 5) is 12.0. The van der Waals surface area contributed by atoms with Crippen molar-refractivity contribution in [3.8, 4) is 5.75 Å². The Balaban J connectivity index is 2.40. The first kappa shape index (κ1) is 19.4. The Bertz CT molecular complexity index is 752. The zero-order valence-electron chi connectivity index (χ0n) is 14.2. The van der Waals surface area contributed by atoms with Crippen LogP contribution in [0.2, 0.25) is 10.0 Å². The fraction of sp³-hybridized carbons (Fsp3) is 0.250. The summed E-state index contributed by atoms with van der Waals surface area (Å²) in [6, 6.07) is 12.8. The zero-order valence-corrected chi connectivity index (χ0v) is 15.7. The molecule has 0 aromatic heterocycles. The number of ether oxygens (including phenoxy) is 2. The fourth-order valence-corrected chi connectivity index (χ4v) is 2.55. The molecule has 0 saturated carbocycles. The molecule has 25 heavy (non-hydrogen) atoms. The normalized spacial score (nSPS) is 11.3. The van der Waals surface area contributed by atoms with Gasteiger partial charge in [-0.15, -0.1) is 0 Å². The molecule has 0 atom stereocenters. The number of hydrogen-bond acceptors (Lipinski definition) is 3. The molecule has 0 unspecified atom stereocenters. The molecule has 0 saturated heterocycles. The zero-order chi connectivity index (χ0) is 18.2. The fourth-order valence-electron chi connectivity index (χ4n) is 2.25. The van der Waals surface area contributed by atoms with Gasteiger partial charge < -0.3 is 9.47 Å². The maximum Gasteiger partial charge on any atom is 0.331 e. The maximum atomic E-state index is 12.0. The molecular formula is C20H20Cl2O3. The molecule has 0 aliphatic carbocycles. The predicted octanol–water partition coefficient (Wildman–Crippen LogP) is 5.78. The third kappa shape index (κ3) is 5.52. The van der Waals surface area contributed by atoms with Gasteiger partial charge in [-0.25, -0.2) is 4.79 Å². The molecule has 0 aliphatic rings. The number of rotatable bonds is 7. The lowest BCUT2D eigenvalue weighted by molar-refractivity contribution is -0.137. The van der Waals surface area contributed by atoms with Crippen molar-refractivity contribution < 1.29 is 14.3 Å². The highest BCUT2D eigenvalue weighted by Gasteiger charge is 2.11. The molecule has 2 rings (SSSR count). The number of benzene rings is 2. The van der Waals surface area contributed by atoms with Gasteiger partial charge in [0.05, 0.1) is 23.3 Å². The number of hydrogen-bond donors (Lipinski definition) is 0. The van der Waals surface area contributed by atoms with Crippen molar-refractivity contribution in [1.29, 1.82) is 0 Å². The van der Waals surface area contributed by atoms with Crippen molar-refractivity contribution in [2.75, 3.05) is 13.2 Å². The Kier molecular flexibility index (Phi) is 7.35. The molecule has 0 spiro atoms. The molecule has 132 valence electrons. The summed E-state index contributed by atoms with van der Waals surface area (Å²) >= 11 is 12.1. The van der Waals surface area contributed by atoms with Gasteiger partial charge in [-0.1, -0.05) is 48.3 Å². The molecule has 0 radical (unpaired) electrons. The largest absolute Gasteiger partial charge is 0.494 e. The highest BCUT2D eigenvalue weighted by atomic mass is 35.5. The summed E-state index contributed by atoms with van der Waals surface area (Å²) in [5.74, 6) is 0.380. The third-order valence-corrected chi connectivity index (χ3v) is 4.16. The van der Waals surface area contributed by atoms with E-state index in [2.05, 4.69) is 6.92 Å². The number of halogens is 2. The van der Waals surface area contributed by atoms with Crippen LogP contribution in [0.25, 0.3) is 5.57 Å². The van der Waals surface area contributed by atoms with Crippen LogP contribution in [-0.2, 0) is 9.53 Å². The van der Waals surface area contributed by atoms with E-state index in [1.54, 1.807) is 19.1 Å². The lowest BCUT2D eigenvalue weighted by atomic mass is 9.97. The van der Waals surface area contributed by atoms with E-state index in [9.17, 15) is 4.79 Å². The van der Waals surface area contributed by atoms with Crippen LogP contribution < -0.4 is 4.74 Å². The molecule has 2 aromatic rings. The van der Waals surface area contributed by atoms with E-state index in [0.717, 1.165) is 23.3 Å². The molecule has 0 aliphatic heterocycles. The second-order valence-corrected chi connectivity index (χ2v) is 6.13. The molecular weight excluding hydrogens is 359 g/mol. The molecule has 2 aromatic carbocycles. The van der Waals surface area contributed by atoms with Gasteiger partial charge in [-0.2, -0.15) is 0 Å². The maximum absolute atomic E-state index is 12.0. The van der Waals surface area contributed by atoms with Crippen LogP contribution in [0.5, 0.6) is 5.75 Å². The average molecular weight is 379 g/mol. The molecule has 0 N–H and O–H groups in total. The van der Waals surface area contributed by atoms with Crippen molar-refractivity contribution in [2.24, 2.45) is 0 Å². The minimum absolute atomic E-state index is 0.313. The lowest BCUT2D eigenvalue weighted by Crippen LogP contribution is -2.02. The van der Waals surface area contributed by atoms with E-state index in [-0.39, 0.29) is 0 Å². The first-order valence-corrected chi connectivity index (χ1v) is 8.87. The SMILES string of the molecule is CCCOc1ccc(C(=CC(=O)OCC)c2ccc(Cl)c(Cl)c2)cc1. The summed E-state index contributed by atoms with van der Waals surface area (Å²) < 4.78 is 10.6. The Labute approximate surface area is 158 Å². The van der Waals surface area contributed by atoms with Gasteiger partial charge in [0, 0.05) is 6.08 Å². The Morgan fingerprint density at radius 3 is 2.28 bits per heavy atom. The molecule has 0 heterocycles. The molecule has 3 nitrogen and oxygen atoms in total. The van der Waals surface area contributed by atoms with Gasteiger partial charge in [-0.3, -0.25) is 0 Å². The van der Waals surface area contributed by atoms with Crippen molar-refractivity contribution in [3.63, 3.8) is 0 Å². The molecule has 0 bridgehead atoms. The highest BCUT2D eigenvalue weighted by Crippen LogP contribution is 2.30. The van der Waals surface area contributed by atoms with E-state index < -0.39 is 5.97 Å². The van der Waals surface area contributed by atoms with Crippen LogP contribution in [0.1, 0.15) is 31.4 Å². The summed E-state index contributed by atoms with van der Waals surface area (Å²) in [5, 5.41) is 0.890. The average Bonchev–Trinajstić information content (AvgIpc) is 2.61. The summed E-state index contributed by atoms with van der Waals surface area (Å²) in [6.07, 6.45) is 2.41. The van der Waals surface area contributed by atoms with Crippen molar-refractivity contribution in [3.05, 3.63) is 69.7 Å². The number of carbonyl (C=O) groups is 1. The Hall–Kier alpha value is -1.97. The summed E-state index contributed by atoms with van der Waals surface area (Å²) in [6.45, 7) is 4.80. The summed E-state index contributed by atoms with van der Waals surface area (Å²) in [5.41, 5.74) is 2.35. The minimum atomic E-state index is -0.408. The first-order chi connectivity index (χ1) is 12.0. The van der Waals surface area contributed by atoms with E-state index in [0.29, 0.717) is 28.8 Å². The standard InChI is InChI=1S/C20H20Cl2O3/c1-3-11-25-16-8-5-14(6-9-16)17(13-20(23)24-4-2)15-7-10-18(21)19(22)12-15/h5-10,12-13H,3-4,11H2,1-2H3.